The van der Waals surface area contributed by atoms with Gasteiger partial charge in [-0.1, -0.05) is 70.8 Å². The molecule has 3 heteroatoms. The molecule has 1 aliphatic rings. The Morgan fingerprint density at radius 2 is 1.39 bits per heavy atom. The molecule has 1 saturated heterocycles. The predicted octanol–water partition coefficient (Wildman–Crippen LogP) is 7.46. The Morgan fingerprint density at radius 1 is 0.774 bits per heavy atom. The highest BCUT2D eigenvalue weighted by Crippen LogP contribution is 2.21. The van der Waals surface area contributed by atoms with Crippen molar-refractivity contribution in [1.82, 2.24) is 4.90 Å². The maximum atomic E-state index is 5.94. The van der Waals surface area contributed by atoms with Crippen molar-refractivity contribution in [2.75, 3.05) is 44.2 Å². The molecule has 0 N–H and O–H groups in total. The Bertz CT molecular complexity index is 549. The average molecular weight is 429 g/mol. The van der Waals surface area contributed by atoms with Gasteiger partial charge < -0.3 is 9.64 Å². The van der Waals surface area contributed by atoms with Gasteiger partial charge in [-0.15, -0.1) is 6.58 Å². The zero-order chi connectivity index (χ0) is 22.0. The third-order valence-corrected chi connectivity index (χ3v) is 6.47. The number of anilines is 1. The molecular formula is C28H48N2O. The van der Waals surface area contributed by atoms with Crippen LogP contribution in [0.15, 0.2) is 36.9 Å². The van der Waals surface area contributed by atoms with Crippen LogP contribution in [0.2, 0.25) is 0 Å². The second-order valence-corrected chi connectivity index (χ2v) is 9.14. The molecule has 0 aromatic heterocycles. The van der Waals surface area contributed by atoms with Crippen molar-refractivity contribution in [3.63, 3.8) is 0 Å². The van der Waals surface area contributed by atoms with Crippen molar-refractivity contribution < 1.29 is 4.74 Å². The van der Waals surface area contributed by atoms with Gasteiger partial charge in [0, 0.05) is 31.9 Å². The van der Waals surface area contributed by atoms with Crippen LogP contribution in [-0.2, 0) is 0 Å². The monoisotopic (exact) mass is 428 g/mol. The van der Waals surface area contributed by atoms with Gasteiger partial charge in [-0.05, 0) is 56.5 Å². The molecule has 0 aliphatic carbocycles. The molecule has 1 heterocycles. The van der Waals surface area contributed by atoms with Crippen molar-refractivity contribution in [2.24, 2.45) is 0 Å². The molecule has 2 rings (SSSR count). The third kappa shape index (κ3) is 11.6. The Hall–Kier alpha value is -1.48. The van der Waals surface area contributed by atoms with Gasteiger partial charge in [0.05, 0.1) is 6.61 Å². The molecule has 0 unspecified atom stereocenters. The molecule has 1 fully saturated rings. The lowest BCUT2D eigenvalue weighted by molar-refractivity contribution is 0.252. The third-order valence-electron chi connectivity index (χ3n) is 6.47. The number of hydrogen-bond donors (Lipinski definition) is 0. The van der Waals surface area contributed by atoms with Gasteiger partial charge in [-0.3, -0.25) is 4.90 Å². The minimum Gasteiger partial charge on any atom is -0.494 e. The molecule has 0 radical (unpaired) electrons. The predicted molar refractivity (Wildman–Crippen MR) is 136 cm³/mol. The smallest absolute Gasteiger partial charge is 0.119 e. The lowest BCUT2D eigenvalue weighted by atomic mass is 10.1. The first-order valence-corrected chi connectivity index (χ1v) is 13.1. The van der Waals surface area contributed by atoms with E-state index >= 15 is 0 Å². The quantitative estimate of drug-likeness (QED) is 0.178. The van der Waals surface area contributed by atoms with Gasteiger partial charge in [-0.2, -0.15) is 0 Å². The standard InChI is InChI=1S/C28H48N2O/c1-3-5-7-9-11-13-15-21-29-22-24-30(25-23-29)27-17-19-28(20-18-27)31-26-16-14-12-10-8-6-4-2/h4,17-20H,2-3,5-16,21-26H2,1H3. The first kappa shape index (κ1) is 25.8. The summed E-state index contributed by atoms with van der Waals surface area (Å²) < 4.78 is 5.94. The normalized spacial score (nSPS) is 14.7. The van der Waals surface area contributed by atoms with Crippen LogP contribution in [0.5, 0.6) is 5.75 Å². The van der Waals surface area contributed by atoms with E-state index in [1.807, 2.05) is 6.08 Å². The Labute approximate surface area is 192 Å². The summed E-state index contributed by atoms with van der Waals surface area (Å²) in [6.45, 7) is 12.9. The van der Waals surface area contributed by atoms with Crippen molar-refractivity contribution in [1.29, 1.82) is 0 Å². The van der Waals surface area contributed by atoms with Crippen LogP contribution in [0.4, 0.5) is 5.69 Å². The highest BCUT2D eigenvalue weighted by atomic mass is 16.5. The summed E-state index contributed by atoms with van der Waals surface area (Å²) in [5.74, 6) is 1.01. The molecule has 1 aromatic carbocycles. The highest BCUT2D eigenvalue weighted by molar-refractivity contribution is 5.49. The van der Waals surface area contributed by atoms with Gasteiger partial charge in [0.2, 0.25) is 0 Å². The number of rotatable bonds is 18. The fourth-order valence-corrected chi connectivity index (χ4v) is 4.39. The molecule has 0 spiro atoms. The first-order valence-electron chi connectivity index (χ1n) is 13.1. The summed E-state index contributed by atoms with van der Waals surface area (Å²) in [7, 11) is 0. The highest BCUT2D eigenvalue weighted by Gasteiger charge is 2.16. The average Bonchev–Trinajstić information content (AvgIpc) is 2.81. The number of benzene rings is 1. The molecule has 176 valence electrons. The number of unbranched alkanes of at least 4 members (excludes halogenated alkanes) is 11. The molecular weight excluding hydrogens is 380 g/mol. The van der Waals surface area contributed by atoms with Crippen molar-refractivity contribution >= 4 is 5.69 Å². The molecule has 1 aliphatic heterocycles. The maximum Gasteiger partial charge on any atom is 0.119 e. The van der Waals surface area contributed by atoms with E-state index in [0.29, 0.717) is 0 Å². The Balaban J connectivity index is 1.52. The maximum absolute atomic E-state index is 5.94. The number of allylic oxidation sites excluding steroid dienone is 1. The molecule has 0 bridgehead atoms. The van der Waals surface area contributed by atoms with E-state index in [-0.39, 0.29) is 0 Å². The largest absolute Gasteiger partial charge is 0.494 e. The number of nitrogens with zero attached hydrogens (tertiary/aromatic N) is 2. The number of piperazine rings is 1. The zero-order valence-corrected chi connectivity index (χ0v) is 20.3. The lowest BCUT2D eigenvalue weighted by Crippen LogP contribution is -2.46. The molecule has 0 atom stereocenters. The summed E-state index contributed by atoms with van der Waals surface area (Å²) in [4.78, 5) is 5.17. The SMILES string of the molecule is C=CCCCCCCCOc1ccc(N2CCN(CCCCCCCCC)CC2)cc1. The second-order valence-electron chi connectivity index (χ2n) is 9.14. The minimum absolute atomic E-state index is 0.831. The van der Waals surface area contributed by atoms with E-state index in [1.54, 1.807) is 0 Å². The van der Waals surface area contributed by atoms with E-state index in [2.05, 4.69) is 47.6 Å². The fourth-order valence-electron chi connectivity index (χ4n) is 4.39. The van der Waals surface area contributed by atoms with E-state index in [9.17, 15) is 0 Å². The molecule has 31 heavy (non-hydrogen) atoms. The van der Waals surface area contributed by atoms with Crippen LogP contribution in [0.1, 0.15) is 90.4 Å². The van der Waals surface area contributed by atoms with Crippen molar-refractivity contribution in [3.8, 4) is 5.75 Å². The van der Waals surface area contributed by atoms with E-state index in [1.165, 1.54) is 96.0 Å². The van der Waals surface area contributed by atoms with Gasteiger partial charge >= 0.3 is 0 Å². The Kier molecular flexibility index (Phi) is 14.2. The van der Waals surface area contributed by atoms with Crippen LogP contribution >= 0.6 is 0 Å². The van der Waals surface area contributed by atoms with Crippen LogP contribution in [-0.4, -0.2) is 44.2 Å². The van der Waals surface area contributed by atoms with Gasteiger partial charge in [-0.25, -0.2) is 0 Å². The summed E-state index contributed by atoms with van der Waals surface area (Å²) in [6, 6.07) is 8.75. The first-order chi connectivity index (χ1) is 15.3. The summed E-state index contributed by atoms with van der Waals surface area (Å²) in [5, 5.41) is 0. The number of hydrogen-bond acceptors (Lipinski definition) is 3. The van der Waals surface area contributed by atoms with E-state index in [4.69, 9.17) is 4.74 Å². The van der Waals surface area contributed by atoms with E-state index in [0.717, 1.165) is 38.3 Å². The van der Waals surface area contributed by atoms with Crippen LogP contribution < -0.4 is 9.64 Å². The van der Waals surface area contributed by atoms with Crippen molar-refractivity contribution in [3.05, 3.63) is 36.9 Å². The second kappa shape index (κ2) is 17.1. The van der Waals surface area contributed by atoms with Gasteiger partial charge in [0.1, 0.15) is 5.75 Å². The van der Waals surface area contributed by atoms with Crippen LogP contribution in [0.25, 0.3) is 0 Å². The van der Waals surface area contributed by atoms with Gasteiger partial charge in [0.25, 0.3) is 0 Å². The topological polar surface area (TPSA) is 15.7 Å². The number of ether oxygens (including phenoxy) is 1. The molecule has 1 aromatic rings. The summed E-state index contributed by atoms with van der Waals surface area (Å²) in [6.07, 6.45) is 19.3. The summed E-state index contributed by atoms with van der Waals surface area (Å²) in [5.41, 5.74) is 1.34. The van der Waals surface area contributed by atoms with Gasteiger partial charge in [0.15, 0.2) is 0 Å². The minimum atomic E-state index is 0.831. The summed E-state index contributed by atoms with van der Waals surface area (Å²) >= 11 is 0. The Morgan fingerprint density at radius 3 is 2.06 bits per heavy atom. The van der Waals surface area contributed by atoms with Crippen LogP contribution in [0.3, 0.4) is 0 Å². The van der Waals surface area contributed by atoms with Crippen LogP contribution in [0, 0.1) is 0 Å². The molecule has 3 nitrogen and oxygen atoms in total. The van der Waals surface area contributed by atoms with Crippen molar-refractivity contribution in [2.45, 2.75) is 90.4 Å². The molecule has 0 saturated carbocycles. The lowest BCUT2D eigenvalue weighted by Gasteiger charge is -2.36. The molecule has 0 amide bonds. The van der Waals surface area contributed by atoms with E-state index < -0.39 is 0 Å². The fraction of sp³-hybridized carbons (Fsp3) is 0.714. The zero-order valence-electron chi connectivity index (χ0n) is 20.3.